The van der Waals surface area contributed by atoms with Crippen LogP contribution in [-0.2, 0) is 0 Å². The minimum atomic E-state index is 1.04. The second-order valence-corrected chi connectivity index (χ2v) is 22.0. The number of hydrogen-bond acceptors (Lipinski definition) is 1. The molecule has 388 valence electrons. The standard InChI is InChI=1S/C79H52N4/c1-3-15-50-26-44-68-74-63-21-10-5-16-51(63)29-47-71(74)81(77(68)62(50)4-2)59-38-32-56(33-39-59)80(57-34-40-60(41-35-57)82-72-48-30-52-17-6-11-22-64(52)75(72)69-45-27-54-19-8-13-24-66(54)78(69)82)58-36-42-61(43-37-58)83-73-49-31-53-18-7-12-23-65(53)76(73)70-46-28-55-20-9-14-25-67(55)79(70)83/h3-49H,2H2,1H3/b15-3-. The highest BCUT2D eigenvalue weighted by Gasteiger charge is 2.23. The molecule has 0 aliphatic heterocycles. The molecular formula is C79H52N4. The third kappa shape index (κ3) is 6.94. The maximum Gasteiger partial charge on any atom is 0.0619 e. The molecule has 0 saturated heterocycles. The Morgan fingerprint density at radius 1 is 0.301 bits per heavy atom. The summed E-state index contributed by atoms with van der Waals surface area (Å²) < 4.78 is 7.39. The maximum absolute atomic E-state index is 4.39. The second kappa shape index (κ2) is 18.3. The van der Waals surface area contributed by atoms with Crippen molar-refractivity contribution in [3.63, 3.8) is 0 Å². The number of anilines is 3. The van der Waals surface area contributed by atoms with Gasteiger partial charge in [-0.2, -0.15) is 0 Å². The van der Waals surface area contributed by atoms with E-state index in [2.05, 4.69) is 311 Å². The zero-order valence-electron chi connectivity index (χ0n) is 45.6. The molecule has 0 atom stereocenters. The first-order valence-electron chi connectivity index (χ1n) is 28.6. The third-order valence-corrected chi connectivity index (χ3v) is 17.6. The molecule has 83 heavy (non-hydrogen) atoms. The summed E-state index contributed by atoms with van der Waals surface area (Å²) in [6.45, 7) is 6.47. The molecule has 4 heteroatoms. The van der Waals surface area contributed by atoms with Crippen LogP contribution in [0.5, 0.6) is 0 Å². The van der Waals surface area contributed by atoms with Crippen LogP contribution in [0.15, 0.2) is 280 Å². The molecule has 0 bridgehead atoms. The fraction of sp³-hybridized carbons (Fsp3) is 0.0127. The molecule has 0 radical (unpaired) electrons. The highest BCUT2D eigenvalue weighted by molar-refractivity contribution is 6.28. The normalized spacial score (nSPS) is 12.2. The lowest BCUT2D eigenvalue weighted by Crippen LogP contribution is -2.10. The van der Waals surface area contributed by atoms with Crippen LogP contribution < -0.4 is 4.90 Å². The van der Waals surface area contributed by atoms with E-state index in [-0.39, 0.29) is 0 Å². The van der Waals surface area contributed by atoms with Crippen LogP contribution in [0.3, 0.4) is 0 Å². The Morgan fingerprint density at radius 3 is 0.988 bits per heavy atom. The molecule has 17 rings (SSSR count). The van der Waals surface area contributed by atoms with Crippen molar-refractivity contribution in [3.8, 4) is 17.1 Å². The summed E-state index contributed by atoms with van der Waals surface area (Å²) in [5.41, 5.74) is 15.8. The second-order valence-electron chi connectivity index (χ2n) is 22.0. The van der Waals surface area contributed by atoms with Gasteiger partial charge in [0.05, 0.1) is 33.1 Å². The van der Waals surface area contributed by atoms with Crippen molar-refractivity contribution < 1.29 is 0 Å². The van der Waals surface area contributed by atoms with Gasteiger partial charge in [0.2, 0.25) is 0 Å². The first-order valence-corrected chi connectivity index (χ1v) is 28.6. The predicted octanol–water partition coefficient (Wildman–Crippen LogP) is 21.9. The van der Waals surface area contributed by atoms with E-state index in [9.17, 15) is 0 Å². The number of hydrogen-bond donors (Lipinski definition) is 0. The SMILES string of the molecule is C=Cc1c(/C=C\C)ccc2c3c4ccccc4ccc3n(-c3ccc(N(c4ccc(-n5c6ccc7ccccc7c6c6ccc7ccccc7c65)cc4)c4ccc(-n5c6ccc7ccccc7c6c6ccc7ccccc7c65)cc4)cc3)c12. The van der Waals surface area contributed by atoms with Gasteiger partial charge in [0.1, 0.15) is 0 Å². The summed E-state index contributed by atoms with van der Waals surface area (Å²) in [7, 11) is 0. The largest absolute Gasteiger partial charge is 0.310 e. The molecule has 0 N–H and O–H groups in total. The number of rotatable bonds is 8. The van der Waals surface area contributed by atoms with Gasteiger partial charge in [0.25, 0.3) is 0 Å². The average Bonchev–Trinajstić information content (AvgIpc) is 3.26. The number of nitrogens with zero attached hydrogens (tertiary/aromatic N) is 4. The molecule has 3 aromatic heterocycles. The Hall–Kier alpha value is -10.9. The highest BCUT2D eigenvalue weighted by Crippen LogP contribution is 2.46. The highest BCUT2D eigenvalue weighted by atomic mass is 15.1. The van der Waals surface area contributed by atoms with Gasteiger partial charge < -0.3 is 18.6 Å². The summed E-state index contributed by atoms with van der Waals surface area (Å²) in [6.07, 6.45) is 6.32. The Bertz CT molecular complexity index is 5340. The summed E-state index contributed by atoms with van der Waals surface area (Å²) >= 11 is 0. The van der Waals surface area contributed by atoms with Gasteiger partial charge in [-0.25, -0.2) is 0 Å². The van der Waals surface area contributed by atoms with E-state index in [0.717, 1.165) is 56.3 Å². The van der Waals surface area contributed by atoms with Crippen molar-refractivity contribution >= 4 is 148 Å². The summed E-state index contributed by atoms with van der Waals surface area (Å²) in [6, 6.07) is 98.8. The Kier molecular flexibility index (Phi) is 10.3. The Morgan fingerprint density at radius 2 is 0.614 bits per heavy atom. The molecular weight excluding hydrogens is 1000 g/mol. The molecule has 0 spiro atoms. The Balaban J connectivity index is 0.865. The van der Waals surface area contributed by atoms with Crippen molar-refractivity contribution in [2.75, 3.05) is 4.90 Å². The fourth-order valence-electron chi connectivity index (χ4n) is 14.1. The molecule has 0 saturated carbocycles. The van der Waals surface area contributed by atoms with Crippen molar-refractivity contribution in [2.45, 2.75) is 6.92 Å². The Labute approximate surface area is 479 Å². The van der Waals surface area contributed by atoms with E-state index in [4.69, 9.17) is 0 Å². The van der Waals surface area contributed by atoms with Crippen LogP contribution in [0.1, 0.15) is 18.1 Å². The zero-order valence-corrected chi connectivity index (χ0v) is 45.6. The first kappa shape index (κ1) is 46.9. The molecule has 0 aliphatic rings. The van der Waals surface area contributed by atoms with E-state index >= 15 is 0 Å². The van der Waals surface area contributed by atoms with Crippen molar-refractivity contribution in [1.82, 2.24) is 13.7 Å². The van der Waals surface area contributed by atoms with Crippen LogP contribution >= 0.6 is 0 Å². The molecule has 17 aromatic rings. The monoisotopic (exact) mass is 1060 g/mol. The van der Waals surface area contributed by atoms with Crippen LogP contribution in [-0.4, -0.2) is 13.7 Å². The summed E-state index contributed by atoms with van der Waals surface area (Å²) in [4.78, 5) is 2.40. The maximum atomic E-state index is 4.39. The molecule has 0 unspecified atom stereocenters. The van der Waals surface area contributed by atoms with Gasteiger partial charge in [0, 0.05) is 82.8 Å². The summed E-state index contributed by atoms with van der Waals surface area (Å²) in [5, 5.41) is 19.9. The third-order valence-electron chi connectivity index (χ3n) is 17.6. The lowest BCUT2D eigenvalue weighted by atomic mass is 9.99. The minimum absolute atomic E-state index is 1.04. The number of allylic oxidation sites excluding steroid dienone is 1. The van der Waals surface area contributed by atoms with Gasteiger partial charge in [-0.1, -0.05) is 201 Å². The fourth-order valence-corrected chi connectivity index (χ4v) is 14.1. The van der Waals surface area contributed by atoms with E-state index in [0.29, 0.717) is 0 Å². The quantitative estimate of drug-likeness (QED) is 0.148. The molecule has 0 amide bonds. The van der Waals surface area contributed by atoms with Crippen LogP contribution in [0, 0.1) is 0 Å². The van der Waals surface area contributed by atoms with Gasteiger partial charge in [-0.3, -0.25) is 0 Å². The number of fused-ring (bicyclic) bond motifs is 19. The smallest absolute Gasteiger partial charge is 0.0619 e. The minimum Gasteiger partial charge on any atom is -0.310 e. The first-order chi connectivity index (χ1) is 41.1. The molecule has 0 fully saturated rings. The zero-order chi connectivity index (χ0) is 54.9. The molecule has 14 aromatic carbocycles. The van der Waals surface area contributed by atoms with Gasteiger partial charge in [0.15, 0.2) is 0 Å². The van der Waals surface area contributed by atoms with E-state index in [1.54, 1.807) is 0 Å². The van der Waals surface area contributed by atoms with E-state index < -0.39 is 0 Å². The number of aromatic nitrogens is 3. The van der Waals surface area contributed by atoms with E-state index in [1.165, 1.54) is 108 Å². The lowest BCUT2D eigenvalue weighted by Gasteiger charge is -2.26. The van der Waals surface area contributed by atoms with Crippen LogP contribution in [0.25, 0.3) is 148 Å². The van der Waals surface area contributed by atoms with Gasteiger partial charge in [-0.05, 0) is 147 Å². The van der Waals surface area contributed by atoms with Crippen molar-refractivity contribution in [1.29, 1.82) is 0 Å². The molecule has 4 nitrogen and oxygen atoms in total. The van der Waals surface area contributed by atoms with Gasteiger partial charge >= 0.3 is 0 Å². The van der Waals surface area contributed by atoms with Crippen LogP contribution in [0.4, 0.5) is 17.1 Å². The van der Waals surface area contributed by atoms with E-state index in [1.807, 2.05) is 6.08 Å². The average molecular weight is 1060 g/mol. The van der Waals surface area contributed by atoms with Gasteiger partial charge in [-0.15, -0.1) is 0 Å². The number of benzene rings is 14. The lowest BCUT2D eigenvalue weighted by molar-refractivity contribution is 1.16. The summed E-state index contributed by atoms with van der Waals surface area (Å²) in [5.74, 6) is 0. The predicted molar refractivity (Wildman–Crippen MR) is 356 cm³/mol. The van der Waals surface area contributed by atoms with Crippen molar-refractivity contribution in [2.24, 2.45) is 0 Å². The van der Waals surface area contributed by atoms with Crippen molar-refractivity contribution in [3.05, 3.63) is 291 Å². The topological polar surface area (TPSA) is 18.0 Å². The molecule has 0 aliphatic carbocycles. The molecule has 3 heterocycles. The van der Waals surface area contributed by atoms with Crippen LogP contribution in [0.2, 0.25) is 0 Å².